The van der Waals surface area contributed by atoms with E-state index in [1.54, 1.807) is 0 Å². The van der Waals surface area contributed by atoms with E-state index >= 15 is 0 Å². The summed E-state index contributed by atoms with van der Waals surface area (Å²) in [5.41, 5.74) is 2.31. The van der Waals surface area contributed by atoms with Gasteiger partial charge >= 0.3 is 0 Å². The lowest BCUT2D eigenvalue weighted by Gasteiger charge is -2.13. The maximum Gasteiger partial charge on any atom is 0.130 e. The van der Waals surface area contributed by atoms with Crippen LogP contribution in [0.4, 0.5) is 8.78 Å². The van der Waals surface area contributed by atoms with Gasteiger partial charge in [-0.25, -0.2) is 8.78 Å². The van der Waals surface area contributed by atoms with E-state index in [1.165, 1.54) is 18.2 Å². The molecule has 2 aromatic carbocycles. The summed E-state index contributed by atoms with van der Waals surface area (Å²) in [5.74, 6) is -1.02. The second kappa shape index (κ2) is 5.61. The molecule has 1 unspecified atom stereocenters. The number of halogens is 3. The van der Waals surface area contributed by atoms with Gasteiger partial charge in [-0.2, -0.15) is 0 Å². The molecule has 3 heteroatoms. The molecule has 0 aromatic heterocycles. The van der Waals surface area contributed by atoms with Crippen LogP contribution >= 0.6 is 15.9 Å². The molecule has 0 fully saturated rings. The number of benzene rings is 2. The van der Waals surface area contributed by atoms with E-state index in [4.69, 9.17) is 0 Å². The van der Waals surface area contributed by atoms with Crippen LogP contribution in [0.5, 0.6) is 0 Å². The first-order valence-corrected chi connectivity index (χ1v) is 6.63. The molecule has 18 heavy (non-hydrogen) atoms. The zero-order chi connectivity index (χ0) is 13.1. The molecule has 2 aromatic rings. The minimum absolute atomic E-state index is 0.0979. The summed E-state index contributed by atoms with van der Waals surface area (Å²) in [6.07, 6.45) is 0.560. The first-order valence-electron chi connectivity index (χ1n) is 5.72. The normalized spacial score (nSPS) is 12.4. The first kappa shape index (κ1) is 13.2. The van der Waals surface area contributed by atoms with E-state index in [0.29, 0.717) is 6.42 Å². The van der Waals surface area contributed by atoms with E-state index in [1.807, 2.05) is 31.2 Å². The van der Waals surface area contributed by atoms with Crippen LogP contribution in [0.3, 0.4) is 0 Å². The van der Waals surface area contributed by atoms with E-state index in [0.717, 1.165) is 11.1 Å². The molecular weight excluding hydrogens is 298 g/mol. The van der Waals surface area contributed by atoms with Crippen molar-refractivity contribution >= 4 is 15.9 Å². The lowest BCUT2D eigenvalue weighted by atomic mass is 10.00. The third-order valence-electron chi connectivity index (χ3n) is 2.97. The maximum atomic E-state index is 13.6. The van der Waals surface area contributed by atoms with Crippen molar-refractivity contribution < 1.29 is 8.78 Å². The number of rotatable bonds is 3. The Bertz CT molecular complexity index is 532. The van der Waals surface area contributed by atoms with Crippen LogP contribution in [0.15, 0.2) is 42.5 Å². The zero-order valence-electron chi connectivity index (χ0n) is 9.96. The Hall–Kier alpha value is -1.22. The topological polar surface area (TPSA) is 0 Å². The monoisotopic (exact) mass is 310 g/mol. The average Bonchev–Trinajstić information content (AvgIpc) is 2.32. The molecule has 0 saturated carbocycles. The van der Waals surface area contributed by atoms with Crippen LogP contribution in [0.25, 0.3) is 0 Å². The van der Waals surface area contributed by atoms with Gasteiger partial charge in [0.05, 0.1) is 0 Å². The standard InChI is InChI=1S/C15H13BrF2/c1-10-5-2-3-6-11(10)9-12(16)15-13(17)7-4-8-14(15)18/h2-8,12H,9H2,1H3. The molecule has 0 heterocycles. The molecule has 0 bridgehead atoms. The molecule has 0 N–H and O–H groups in total. The smallest absolute Gasteiger partial charge is 0.130 e. The number of hydrogen-bond acceptors (Lipinski definition) is 0. The van der Waals surface area contributed by atoms with Gasteiger partial charge in [0.15, 0.2) is 0 Å². The molecule has 1 atom stereocenters. The lowest BCUT2D eigenvalue weighted by Crippen LogP contribution is -2.03. The predicted octanol–water partition coefficient (Wildman–Crippen LogP) is 4.95. The van der Waals surface area contributed by atoms with Crippen LogP contribution in [-0.2, 0) is 6.42 Å². The van der Waals surface area contributed by atoms with Gasteiger partial charge in [0.25, 0.3) is 0 Å². The van der Waals surface area contributed by atoms with Gasteiger partial charge in [-0.05, 0) is 36.6 Å². The fourth-order valence-corrected chi connectivity index (χ4v) is 2.73. The number of aryl methyl sites for hydroxylation is 1. The zero-order valence-corrected chi connectivity index (χ0v) is 11.5. The largest absolute Gasteiger partial charge is 0.207 e. The Labute approximate surface area is 114 Å². The van der Waals surface area contributed by atoms with Crippen molar-refractivity contribution in [3.05, 3.63) is 70.8 Å². The first-order chi connectivity index (χ1) is 8.59. The molecule has 0 saturated heterocycles. The highest BCUT2D eigenvalue weighted by molar-refractivity contribution is 9.09. The highest BCUT2D eigenvalue weighted by atomic mass is 79.9. The third kappa shape index (κ3) is 2.78. The fraction of sp³-hybridized carbons (Fsp3) is 0.200. The predicted molar refractivity (Wildman–Crippen MR) is 72.9 cm³/mol. The van der Waals surface area contributed by atoms with Crippen molar-refractivity contribution in [3.63, 3.8) is 0 Å². The van der Waals surface area contributed by atoms with Gasteiger partial charge in [-0.3, -0.25) is 0 Å². The van der Waals surface area contributed by atoms with E-state index in [2.05, 4.69) is 15.9 Å². The van der Waals surface area contributed by atoms with Crippen LogP contribution in [0.2, 0.25) is 0 Å². The Morgan fingerprint density at radius 2 is 1.61 bits per heavy atom. The molecule has 94 valence electrons. The van der Waals surface area contributed by atoms with Crippen molar-refractivity contribution in [1.29, 1.82) is 0 Å². The Balaban J connectivity index is 2.28. The molecular formula is C15H13BrF2. The summed E-state index contributed by atoms with van der Waals surface area (Å²) in [7, 11) is 0. The second-order valence-corrected chi connectivity index (χ2v) is 5.34. The molecule has 0 radical (unpaired) electrons. The Morgan fingerprint density at radius 3 is 2.22 bits per heavy atom. The van der Waals surface area contributed by atoms with Crippen LogP contribution < -0.4 is 0 Å². The fourth-order valence-electron chi connectivity index (χ4n) is 1.94. The van der Waals surface area contributed by atoms with Crippen LogP contribution in [0, 0.1) is 18.6 Å². The summed E-state index contributed by atoms with van der Waals surface area (Å²) in [5, 5.41) is 0. The number of hydrogen-bond donors (Lipinski definition) is 0. The van der Waals surface area contributed by atoms with Gasteiger partial charge < -0.3 is 0 Å². The minimum atomic E-state index is -0.509. The summed E-state index contributed by atoms with van der Waals surface area (Å²) in [6, 6.07) is 11.8. The number of alkyl halides is 1. The quantitative estimate of drug-likeness (QED) is 0.703. The van der Waals surface area contributed by atoms with Crippen LogP contribution in [0.1, 0.15) is 21.5 Å². The molecule has 0 aliphatic heterocycles. The van der Waals surface area contributed by atoms with Crippen molar-refractivity contribution in [2.45, 2.75) is 18.2 Å². The molecule has 2 rings (SSSR count). The second-order valence-electron chi connectivity index (χ2n) is 4.23. The Morgan fingerprint density at radius 1 is 1.00 bits per heavy atom. The summed E-state index contributed by atoms with van der Waals surface area (Å²) in [6.45, 7) is 1.99. The van der Waals surface area contributed by atoms with Gasteiger partial charge in [0.2, 0.25) is 0 Å². The van der Waals surface area contributed by atoms with E-state index in [-0.39, 0.29) is 10.4 Å². The maximum absolute atomic E-state index is 13.6. The summed E-state index contributed by atoms with van der Waals surface area (Å²) < 4.78 is 27.3. The highest BCUT2D eigenvalue weighted by Gasteiger charge is 2.18. The summed E-state index contributed by atoms with van der Waals surface area (Å²) >= 11 is 3.38. The molecule has 0 amide bonds. The van der Waals surface area contributed by atoms with Gasteiger partial charge in [0.1, 0.15) is 11.6 Å². The SMILES string of the molecule is Cc1ccccc1CC(Br)c1c(F)cccc1F. The van der Waals surface area contributed by atoms with Crippen LogP contribution in [-0.4, -0.2) is 0 Å². The van der Waals surface area contributed by atoms with E-state index < -0.39 is 11.6 Å². The van der Waals surface area contributed by atoms with Gasteiger partial charge in [0, 0.05) is 10.4 Å². The molecule has 0 aliphatic rings. The van der Waals surface area contributed by atoms with Crippen molar-refractivity contribution in [3.8, 4) is 0 Å². The summed E-state index contributed by atoms with van der Waals surface area (Å²) in [4.78, 5) is -0.361. The minimum Gasteiger partial charge on any atom is -0.207 e. The van der Waals surface area contributed by atoms with Gasteiger partial charge in [-0.1, -0.05) is 46.3 Å². The average molecular weight is 311 g/mol. The van der Waals surface area contributed by atoms with Gasteiger partial charge in [-0.15, -0.1) is 0 Å². The van der Waals surface area contributed by atoms with Crippen molar-refractivity contribution in [1.82, 2.24) is 0 Å². The third-order valence-corrected chi connectivity index (χ3v) is 3.75. The Kier molecular flexibility index (Phi) is 4.12. The molecule has 0 nitrogen and oxygen atoms in total. The van der Waals surface area contributed by atoms with E-state index in [9.17, 15) is 8.78 Å². The van der Waals surface area contributed by atoms with Crippen molar-refractivity contribution in [2.24, 2.45) is 0 Å². The molecule has 0 aliphatic carbocycles. The van der Waals surface area contributed by atoms with Crippen molar-refractivity contribution in [2.75, 3.05) is 0 Å². The highest BCUT2D eigenvalue weighted by Crippen LogP contribution is 2.31. The molecule has 0 spiro atoms. The lowest BCUT2D eigenvalue weighted by molar-refractivity contribution is 0.553.